The number of unbranched alkanes of at least 4 members (excludes halogenated alkanes) is 12. The highest BCUT2D eigenvalue weighted by molar-refractivity contribution is 7.47. The van der Waals surface area contributed by atoms with Gasteiger partial charge in [-0.15, -0.1) is 0 Å². The van der Waals surface area contributed by atoms with Crippen molar-refractivity contribution in [2.45, 2.75) is 167 Å². The summed E-state index contributed by atoms with van der Waals surface area (Å²) >= 11 is 0. The van der Waals surface area contributed by atoms with Crippen molar-refractivity contribution in [2.75, 3.05) is 26.4 Å². The minimum absolute atomic E-state index is 0.126. The number of aliphatic hydroxyl groups excluding tert-OH is 2. The van der Waals surface area contributed by atoms with Gasteiger partial charge in [0.15, 0.2) is 6.10 Å². The van der Waals surface area contributed by atoms with Crippen molar-refractivity contribution in [3.63, 3.8) is 0 Å². The van der Waals surface area contributed by atoms with E-state index in [-0.39, 0.29) is 19.4 Å². The molecule has 0 fully saturated rings. The number of phosphoric acid groups is 1. The summed E-state index contributed by atoms with van der Waals surface area (Å²) in [6.07, 6.45) is 44.5. The molecule has 0 amide bonds. The number of hydrogen-bond donors (Lipinski definition) is 3. The normalized spacial score (nSPS) is 14.6. The van der Waals surface area contributed by atoms with Crippen LogP contribution in [-0.2, 0) is 32.7 Å². The summed E-state index contributed by atoms with van der Waals surface area (Å²) in [7, 11) is -4.64. The second-order valence-corrected chi connectivity index (χ2v) is 15.1. The first-order valence-corrected chi connectivity index (χ1v) is 22.4. The fraction of sp³-hybridized carbons (Fsp3) is 0.682. The summed E-state index contributed by atoms with van der Waals surface area (Å²) in [5, 5.41) is 18.3. The molecule has 0 aliphatic rings. The summed E-state index contributed by atoms with van der Waals surface area (Å²) in [5.74, 6) is -1.04. The standard InChI is InChI=1S/C44H75O10P/c1-3-5-7-9-11-13-15-17-19-20-22-23-25-27-29-31-33-35-43(47)51-39-42(40-53-55(49,50)52-38-41(46)37-45)54-44(48)36-34-32-30-28-26-24-21-18-16-14-12-10-8-6-4-2/h11,13,17-19,21-23,26-29,41-42,45-46H,3-10,12,14-16,20,24-25,30-40H2,1-2H3,(H,49,50)/b13-11+,19-17+,21-18+,23-22+,28-26+,29-27+/t41-,42+/m0/s1. The van der Waals surface area contributed by atoms with E-state index in [0.717, 1.165) is 51.4 Å². The predicted octanol–water partition coefficient (Wildman–Crippen LogP) is 10.9. The molecule has 0 aliphatic heterocycles. The Balaban J connectivity index is 4.49. The predicted molar refractivity (Wildman–Crippen MR) is 223 cm³/mol. The van der Waals surface area contributed by atoms with E-state index in [1.165, 1.54) is 57.8 Å². The van der Waals surface area contributed by atoms with Crippen LogP contribution in [0.4, 0.5) is 0 Å². The van der Waals surface area contributed by atoms with Gasteiger partial charge in [0.05, 0.1) is 19.8 Å². The van der Waals surface area contributed by atoms with Gasteiger partial charge in [-0.25, -0.2) is 4.57 Å². The second kappa shape index (κ2) is 39.6. The van der Waals surface area contributed by atoms with Gasteiger partial charge in [0.25, 0.3) is 0 Å². The zero-order valence-corrected chi connectivity index (χ0v) is 35.0. The first-order valence-electron chi connectivity index (χ1n) is 20.9. The molecule has 11 heteroatoms. The smallest absolute Gasteiger partial charge is 0.462 e. The van der Waals surface area contributed by atoms with Crippen LogP contribution in [0.2, 0.25) is 0 Å². The van der Waals surface area contributed by atoms with E-state index in [0.29, 0.717) is 19.3 Å². The molecular weight excluding hydrogens is 719 g/mol. The van der Waals surface area contributed by atoms with Crippen LogP contribution in [0, 0.1) is 0 Å². The lowest BCUT2D eigenvalue weighted by molar-refractivity contribution is -0.161. The van der Waals surface area contributed by atoms with Gasteiger partial charge in [-0.1, -0.05) is 132 Å². The first kappa shape index (κ1) is 52.4. The zero-order chi connectivity index (χ0) is 40.5. The van der Waals surface area contributed by atoms with Gasteiger partial charge in [-0.2, -0.15) is 0 Å². The van der Waals surface area contributed by atoms with Crippen molar-refractivity contribution in [1.82, 2.24) is 0 Å². The Labute approximate surface area is 333 Å². The number of phosphoric ester groups is 1. The minimum atomic E-state index is -4.64. The monoisotopic (exact) mass is 795 g/mol. The van der Waals surface area contributed by atoms with Gasteiger partial charge < -0.3 is 24.6 Å². The number of carbonyl (C=O) groups is 2. The van der Waals surface area contributed by atoms with Crippen LogP contribution in [0.3, 0.4) is 0 Å². The number of aliphatic hydroxyl groups is 2. The fourth-order valence-corrected chi connectivity index (χ4v) is 5.86. The molecule has 0 spiro atoms. The quantitative estimate of drug-likeness (QED) is 0.0239. The van der Waals surface area contributed by atoms with Crippen molar-refractivity contribution in [3.8, 4) is 0 Å². The van der Waals surface area contributed by atoms with E-state index in [1.807, 2.05) is 6.08 Å². The lowest BCUT2D eigenvalue weighted by Crippen LogP contribution is -2.29. The average molecular weight is 795 g/mol. The molecule has 0 saturated heterocycles. The molecule has 0 heterocycles. The Morgan fingerprint density at radius 3 is 1.51 bits per heavy atom. The maximum Gasteiger partial charge on any atom is 0.472 e. The van der Waals surface area contributed by atoms with Crippen LogP contribution < -0.4 is 0 Å². The molecule has 1 unspecified atom stereocenters. The van der Waals surface area contributed by atoms with Gasteiger partial charge >= 0.3 is 19.8 Å². The number of ether oxygens (including phenoxy) is 2. The highest BCUT2D eigenvalue weighted by atomic mass is 31.2. The summed E-state index contributed by atoms with van der Waals surface area (Å²) < 4.78 is 32.6. The Bertz CT molecular complexity index is 1140. The van der Waals surface area contributed by atoms with E-state index in [4.69, 9.17) is 19.1 Å². The van der Waals surface area contributed by atoms with Crippen LogP contribution in [0.5, 0.6) is 0 Å². The van der Waals surface area contributed by atoms with Crippen LogP contribution >= 0.6 is 7.82 Å². The van der Waals surface area contributed by atoms with E-state index in [9.17, 15) is 24.2 Å². The summed E-state index contributed by atoms with van der Waals surface area (Å²) in [4.78, 5) is 34.9. The molecule has 0 bridgehead atoms. The molecule has 0 aromatic heterocycles. The number of esters is 2. The molecule has 316 valence electrons. The molecule has 0 rings (SSSR count). The molecule has 0 aliphatic carbocycles. The largest absolute Gasteiger partial charge is 0.472 e. The molecule has 0 aromatic carbocycles. The van der Waals surface area contributed by atoms with Gasteiger partial charge in [0.1, 0.15) is 12.7 Å². The molecule has 0 radical (unpaired) electrons. The van der Waals surface area contributed by atoms with Gasteiger partial charge in [-0.05, 0) is 83.5 Å². The van der Waals surface area contributed by atoms with Crippen LogP contribution in [0.25, 0.3) is 0 Å². The van der Waals surface area contributed by atoms with E-state index in [1.54, 1.807) is 0 Å². The van der Waals surface area contributed by atoms with Gasteiger partial charge in [0.2, 0.25) is 0 Å². The van der Waals surface area contributed by atoms with E-state index >= 15 is 0 Å². The van der Waals surface area contributed by atoms with E-state index < -0.39 is 51.8 Å². The fourth-order valence-electron chi connectivity index (χ4n) is 5.07. The van der Waals surface area contributed by atoms with Crippen LogP contribution in [0.15, 0.2) is 72.9 Å². The average Bonchev–Trinajstić information content (AvgIpc) is 3.17. The third-order valence-corrected chi connectivity index (χ3v) is 9.28. The van der Waals surface area contributed by atoms with E-state index in [2.05, 4.69) is 85.2 Å². The zero-order valence-electron chi connectivity index (χ0n) is 34.1. The second-order valence-electron chi connectivity index (χ2n) is 13.7. The topological polar surface area (TPSA) is 149 Å². The highest BCUT2D eigenvalue weighted by Gasteiger charge is 2.27. The third-order valence-electron chi connectivity index (χ3n) is 8.33. The van der Waals surface area contributed by atoms with Crippen molar-refractivity contribution in [1.29, 1.82) is 0 Å². The van der Waals surface area contributed by atoms with Crippen LogP contribution in [0.1, 0.15) is 155 Å². The molecule has 3 atom stereocenters. The number of hydrogen-bond acceptors (Lipinski definition) is 9. The lowest BCUT2D eigenvalue weighted by atomic mass is 10.1. The SMILES string of the molecule is CCCCC/C=C/C/C=C/C/C=C/C/C=C/CCCC(=O)OC[C@H](COP(=O)(O)OC[C@@H](O)CO)OC(=O)CCCC/C=C/C/C=C/CCCCCCCC. The molecule has 55 heavy (non-hydrogen) atoms. The first-order chi connectivity index (χ1) is 26.7. The van der Waals surface area contributed by atoms with Crippen LogP contribution in [-0.4, -0.2) is 65.7 Å². The Morgan fingerprint density at radius 1 is 0.545 bits per heavy atom. The maximum absolute atomic E-state index is 12.6. The summed E-state index contributed by atoms with van der Waals surface area (Å²) in [6, 6.07) is 0. The Hall–Kier alpha value is -2.59. The summed E-state index contributed by atoms with van der Waals surface area (Å²) in [5.41, 5.74) is 0. The lowest BCUT2D eigenvalue weighted by Gasteiger charge is -2.20. The van der Waals surface area contributed by atoms with Crippen molar-refractivity contribution >= 4 is 19.8 Å². The highest BCUT2D eigenvalue weighted by Crippen LogP contribution is 2.43. The van der Waals surface area contributed by atoms with Crippen molar-refractivity contribution in [2.24, 2.45) is 0 Å². The number of rotatable bonds is 38. The van der Waals surface area contributed by atoms with Gasteiger partial charge in [-0.3, -0.25) is 18.6 Å². The maximum atomic E-state index is 12.6. The number of carbonyl (C=O) groups excluding carboxylic acids is 2. The number of allylic oxidation sites excluding steroid dienone is 12. The van der Waals surface area contributed by atoms with Gasteiger partial charge in [0, 0.05) is 12.8 Å². The summed E-state index contributed by atoms with van der Waals surface area (Å²) in [6.45, 7) is 2.22. The minimum Gasteiger partial charge on any atom is -0.462 e. The molecule has 0 aromatic rings. The molecule has 0 saturated carbocycles. The Kier molecular flexibility index (Phi) is 37.8. The molecule has 3 N–H and O–H groups in total. The molecular formula is C44H75O10P. The third kappa shape index (κ3) is 39.4. The Morgan fingerprint density at radius 2 is 0.964 bits per heavy atom. The molecule has 10 nitrogen and oxygen atoms in total. The van der Waals surface area contributed by atoms with Crippen molar-refractivity contribution in [3.05, 3.63) is 72.9 Å². The van der Waals surface area contributed by atoms with Crippen molar-refractivity contribution < 1.29 is 47.8 Å².